The van der Waals surface area contributed by atoms with Crippen LogP contribution in [0.4, 0.5) is 5.69 Å². The first-order valence-electron chi connectivity index (χ1n) is 9.23. The first kappa shape index (κ1) is 18.3. The summed E-state index contributed by atoms with van der Waals surface area (Å²) in [5, 5.41) is 0. The maximum Gasteiger partial charge on any atom is 0.311 e. The largest absolute Gasteiger partial charge is 0.486 e. The van der Waals surface area contributed by atoms with Crippen LogP contribution in [-0.4, -0.2) is 61.5 Å². The second-order valence-electron chi connectivity index (χ2n) is 6.88. The summed E-state index contributed by atoms with van der Waals surface area (Å²) in [6, 6.07) is 5.18. The van der Waals surface area contributed by atoms with E-state index in [1.807, 2.05) is 0 Å². The summed E-state index contributed by atoms with van der Waals surface area (Å²) in [6.07, 6.45) is 0.964. The minimum atomic E-state index is -0.664. The van der Waals surface area contributed by atoms with Crippen molar-refractivity contribution in [2.45, 2.75) is 19.3 Å². The van der Waals surface area contributed by atoms with Gasteiger partial charge >= 0.3 is 5.97 Å². The average Bonchev–Trinajstić information content (AvgIpc) is 3.31. The maximum atomic E-state index is 12.4. The normalized spacial score (nSPS) is 21.2. The van der Waals surface area contributed by atoms with Gasteiger partial charge in [-0.05, 0) is 18.6 Å². The molecule has 3 heterocycles. The van der Waals surface area contributed by atoms with E-state index >= 15 is 0 Å². The first-order valence-corrected chi connectivity index (χ1v) is 9.23. The molecular weight excluding hydrogens is 368 g/mol. The van der Waals surface area contributed by atoms with Crippen LogP contribution < -0.4 is 14.4 Å². The highest BCUT2D eigenvalue weighted by Gasteiger charge is 2.37. The molecule has 2 fully saturated rings. The topological polar surface area (TPSA) is 102 Å². The minimum absolute atomic E-state index is 0.00408. The van der Waals surface area contributed by atoms with Gasteiger partial charge in [-0.25, -0.2) is 0 Å². The highest BCUT2D eigenvalue weighted by atomic mass is 16.6. The Labute approximate surface area is 161 Å². The van der Waals surface area contributed by atoms with E-state index < -0.39 is 24.4 Å². The number of amides is 3. The lowest BCUT2D eigenvalue weighted by atomic mass is 10.1. The van der Waals surface area contributed by atoms with E-state index in [1.54, 1.807) is 18.2 Å². The number of benzene rings is 1. The molecular formula is C19H20N2O7. The Morgan fingerprint density at radius 1 is 1.11 bits per heavy atom. The molecule has 9 heteroatoms. The van der Waals surface area contributed by atoms with Gasteiger partial charge in [0.15, 0.2) is 18.1 Å². The number of hydrogen-bond donors (Lipinski definition) is 0. The highest BCUT2D eigenvalue weighted by molar-refractivity contribution is 6.00. The second-order valence-corrected chi connectivity index (χ2v) is 6.88. The van der Waals surface area contributed by atoms with E-state index in [2.05, 4.69) is 0 Å². The smallest absolute Gasteiger partial charge is 0.311 e. The molecule has 9 nitrogen and oxygen atoms in total. The van der Waals surface area contributed by atoms with E-state index in [4.69, 9.17) is 14.2 Å². The molecule has 1 aromatic carbocycles. The molecule has 0 spiro atoms. The lowest BCUT2D eigenvalue weighted by Crippen LogP contribution is -2.36. The van der Waals surface area contributed by atoms with Crippen LogP contribution in [0.1, 0.15) is 19.3 Å². The Bertz CT molecular complexity index is 838. The number of hydrogen-bond acceptors (Lipinski definition) is 7. The SMILES string of the molecule is O=C(OCC(=O)N1CCCC1=O)[C@H]1CC(=O)N(c2ccc3c(c2)OCCO3)C1. The van der Waals surface area contributed by atoms with Gasteiger partial charge in [-0.3, -0.25) is 24.1 Å². The van der Waals surface area contributed by atoms with Crippen molar-refractivity contribution in [1.29, 1.82) is 0 Å². The summed E-state index contributed by atoms with van der Waals surface area (Å²) < 4.78 is 16.1. The quantitative estimate of drug-likeness (QED) is 0.692. The number of rotatable bonds is 4. The molecule has 3 aliphatic heterocycles. The maximum absolute atomic E-state index is 12.4. The third-order valence-corrected chi connectivity index (χ3v) is 5.01. The predicted octanol–water partition coefficient (Wildman–Crippen LogP) is 0.503. The van der Waals surface area contributed by atoms with Gasteiger partial charge in [0.05, 0.1) is 5.92 Å². The Hall–Kier alpha value is -3.10. The fourth-order valence-corrected chi connectivity index (χ4v) is 3.56. The molecule has 0 unspecified atom stereocenters. The minimum Gasteiger partial charge on any atom is -0.486 e. The number of likely N-dealkylation sites (tertiary alicyclic amines) is 1. The number of esters is 1. The fourth-order valence-electron chi connectivity index (χ4n) is 3.56. The van der Waals surface area contributed by atoms with Crippen LogP contribution in [0.15, 0.2) is 18.2 Å². The lowest BCUT2D eigenvalue weighted by molar-refractivity contribution is -0.157. The number of carbonyl (C=O) groups excluding carboxylic acids is 4. The van der Waals surface area contributed by atoms with Crippen LogP contribution in [0, 0.1) is 5.92 Å². The van der Waals surface area contributed by atoms with Gasteiger partial charge in [0.1, 0.15) is 13.2 Å². The molecule has 0 N–H and O–H groups in total. The number of carbonyl (C=O) groups is 4. The summed E-state index contributed by atoms with van der Waals surface area (Å²) in [5.74, 6) is -1.09. The third kappa shape index (κ3) is 3.51. The first-order chi connectivity index (χ1) is 13.5. The van der Waals surface area contributed by atoms with E-state index in [0.29, 0.717) is 49.8 Å². The van der Waals surface area contributed by atoms with Crippen LogP contribution in [0.3, 0.4) is 0 Å². The molecule has 28 heavy (non-hydrogen) atoms. The molecule has 4 rings (SSSR count). The van der Waals surface area contributed by atoms with Crippen LogP contribution in [0.5, 0.6) is 11.5 Å². The molecule has 1 aromatic rings. The zero-order valence-electron chi connectivity index (χ0n) is 15.2. The molecule has 1 atom stereocenters. The average molecular weight is 388 g/mol. The Morgan fingerprint density at radius 2 is 1.89 bits per heavy atom. The van der Waals surface area contributed by atoms with Crippen LogP contribution in [0.2, 0.25) is 0 Å². The summed E-state index contributed by atoms with van der Waals surface area (Å²) in [4.78, 5) is 50.8. The molecule has 0 saturated carbocycles. The molecule has 0 bridgehead atoms. The number of ether oxygens (including phenoxy) is 3. The Balaban J connectivity index is 1.35. The van der Waals surface area contributed by atoms with Gasteiger partial charge in [0.2, 0.25) is 11.8 Å². The zero-order valence-corrected chi connectivity index (χ0v) is 15.2. The number of fused-ring (bicyclic) bond motifs is 1. The van der Waals surface area contributed by atoms with Crippen molar-refractivity contribution in [3.05, 3.63) is 18.2 Å². The predicted molar refractivity (Wildman–Crippen MR) is 94.8 cm³/mol. The van der Waals surface area contributed by atoms with Crippen molar-refractivity contribution in [1.82, 2.24) is 4.90 Å². The lowest BCUT2D eigenvalue weighted by Gasteiger charge is -2.22. The monoisotopic (exact) mass is 388 g/mol. The van der Waals surface area contributed by atoms with Crippen LogP contribution in [0.25, 0.3) is 0 Å². The highest BCUT2D eigenvalue weighted by Crippen LogP contribution is 2.36. The van der Waals surface area contributed by atoms with Crippen molar-refractivity contribution in [3.63, 3.8) is 0 Å². The zero-order chi connectivity index (χ0) is 19.7. The van der Waals surface area contributed by atoms with Gasteiger partial charge in [-0.15, -0.1) is 0 Å². The van der Waals surface area contributed by atoms with Crippen molar-refractivity contribution >= 4 is 29.4 Å². The Kier molecular flexibility index (Phi) is 4.89. The van der Waals surface area contributed by atoms with Gasteiger partial charge in [-0.2, -0.15) is 0 Å². The van der Waals surface area contributed by atoms with E-state index in [0.717, 1.165) is 4.90 Å². The van der Waals surface area contributed by atoms with Crippen molar-refractivity contribution in [2.24, 2.45) is 5.92 Å². The number of imide groups is 1. The summed E-state index contributed by atoms with van der Waals surface area (Å²) in [7, 11) is 0. The van der Waals surface area contributed by atoms with Crippen molar-refractivity contribution in [3.8, 4) is 11.5 Å². The molecule has 0 aliphatic carbocycles. The summed E-state index contributed by atoms with van der Waals surface area (Å²) in [5.41, 5.74) is 0.614. The van der Waals surface area contributed by atoms with Gasteiger partial charge in [0.25, 0.3) is 5.91 Å². The summed E-state index contributed by atoms with van der Waals surface area (Å²) in [6.45, 7) is 0.944. The van der Waals surface area contributed by atoms with E-state index in [1.165, 1.54) is 4.90 Å². The molecule has 2 saturated heterocycles. The van der Waals surface area contributed by atoms with Crippen LogP contribution in [-0.2, 0) is 23.9 Å². The second kappa shape index (κ2) is 7.49. The van der Waals surface area contributed by atoms with E-state index in [9.17, 15) is 19.2 Å². The molecule has 3 amide bonds. The molecule has 148 valence electrons. The van der Waals surface area contributed by atoms with Gasteiger partial charge in [-0.1, -0.05) is 0 Å². The van der Waals surface area contributed by atoms with Crippen molar-refractivity contribution in [2.75, 3.05) is 37.8 Å². The van der Waals surface area contributed by atoms with E-state index in [-0.39, 0.29) is 24.8 Å². The third-order valence-electron chi connectivity index (χ3n) is 5.01. The van der Waals surface area contributed by atoms with Crippen molar-refractivity contribution < 1.29 is 33.4 Å². The van der Waals surface area contributed by atoms with Gasteiger partial charge < -0.3 is 19.1 Å². The molecule has 0 radical (unpaired) electrons. The number of anilines is 1. The fraction of sp³-hybridized carbons (Fsp3) is 0.474. The van der Waals surface area contributed by atoms with Crippen LogP contribution >= 0.6 is 0 Å². The summed E-state index contributed by atoms with van der Waals surface area (Å²) >= 11 is 0. The molecule has 3 aliphatic rings. The standard InChI is InChI=1S/C19H20N2O7/c22-16-2-1-5-20(16)18(24)11-28-19(25)12-8-17(23)21(10-12)13-3-4-14-15(9-13)27-7-6-26-14/h3-4,9,12H,1-2,5-8,10-11H2/t12-/m0/s1. The molecule has 0 aromatic heterocycles. The number of nitrogens with zero attached hydrogens (tertiary/aromatic N) is 2. The van der Waals surface area contributed by atoms with Gasteiger partial charge in [0, 0.05) is 37.7 Å². The Morgan fingerprint density at radius 3 is 2.64 bits per heavy atom.